The molecular formula is C29H36N2O5S. The fourth-order valence-electron chi connectivity index (χ4n) is 7.64. The summed E-state index contributed by atoms with van der Waals surface area (Å²) in [6, 6.07) is 9.33. The van der Waals surface area contributed by atoms with Gasteiger partial charge in [0, 0.05) is 17.5 Å². The third kappa shape index (κ3) is 5.13. The van der Waals surface area contributed by atoms with Crippen LogP contribution in [-0.4, -0.2) is 31.4 Å². The molecule has 4 saturated carbocycles. The number of carboxylic acid groups (broad SMARTS) is 1. The molecule has 37 heavy (non-hydrogen) atoms. The van der Waals surface area contributed by atoms with Gasteiger partial charge in [-0.1, -0.05) is 29.8 Å². The summed E-state index contributed by atoms with van der Waals surface area (Å²) in [6.07, 6.45) is 6.43. The van der Waals surface area contributed by atoms with Gasteiger partial charge in [-0.15, -0.1) is 0 Å². The lowest BCUT2D eigenvalue weighted by Gasteiger charge is -2.55. The van der Waals surface area contributed by atoms with Crippen LogP contribution in [-0.2, 0) is 26.0 Å². The van der Waals surface area contributed by atoms with E-state index in [0.717, 1.165) is 24.8 Å². The van der Waals surface area contributed by atoms with Gasteiger partial charge in [0.2, 0.25) is 5.91 Å². The lowest BCUT2D eigenvalue weighted by atomic mass is 9.49. The molecule has 0 spiro atoms. The SMILES string of the molecule is Cc1cc(C)c(S(=O)(=O)Nc2ccc(C[C@H](NC(=O)C34CC5CC(CC(C5)C3)C4)C(=O)O)cc2)c(C)c1. The highest BCUT2D eigenvalue weighted by molar-refractivity contribution is 7.92. The molecule has 4 fully saturated rings. The van der Waals surface area contributed by atoms with Crippen LogP contribution in [0.3, 0.4) is 0 Å². The number of amides is 1. The van der Waals surface area contributed by atoms with Gasteiger partial charge in [-0.25, -0.2) is 13.2 Å². The number of aryl methyl sites for hydroxylation is 3. The number of carbonyl (C=O) groups is 2. The van der Waals surface area contributed by atoms with Crippen LogP contribution in [0.5, 0.6) is 0 Å². The highest BCUT2D eigenvalue weighted by Crippen LogP contribution is 2.60. The van der Waals surface area contributed by atoms with Crippen LogP contribution in [0.15, 0.2) is 41.3 Å². The summed E-state index contributed by atoms with van der Waals surface area (Å²) < 4.78 is 28.7. The zero-order valence-corrected chi connectivity index (χ0v) is 22.5. The van der Waals surface area contributed by atoms with Gasteiger partial charge in [0.15, 0.2) is 0 Å². The first-order valence-corrected chi connectivity index (χ1v) is 14.7. The van der Waals surface area contributed by atoms with Gasteiger partial charge < -0.3 is 10.4 Å². The Kier molecular flexibility index (Phi) is 6.59. The van der Waals surface area contributed by atoms with E-state index in [9.17, 15) is 23.1 Å². The fraction of sp³-hybridized carbons (Fsp3) is 0.517. The molecule has 0 saturated heterocycles. The van der Waals surface area contributed by atoms with E-state index < -0.39 is 27.4 Å². The van der Waals surface area contributed by atoms with Crippen LogP contribution in [0, 0.1) is 43.9 Å². The van der Waals surface area contributed by atoms with E-state index in [1.54, 1.807) is 38.1 Å². The van der Waals surface area contributed by atoms with Crippen molar-refractivity contribution in [1.82, 2.24) is 5.32 Å². The quantitative estimate of drug-likeness (QED) is 0.462. The molecule has 4 aliphatic rings. The number of hydrogen-bond donors (Lipinski definition) is 3. The number of aliphatic carboxylic acids is 1. The number of rotatable bonds is 8. The van der Waals surface area contributed by atoms with E-state index in [0.29, 0.717) is 40.1 Å². The number of carboxylic acids is 1. The predicted molar refractivity (Wildman–Crippen MR) is 142 cm³/mol. The van der Waals surface area contributed by atoms with Crippen molar-refractivity contribution < 1.29 is 23.1 Å². The van der Waals surface area contributed by atoms with Crippen molar-refractivity contribution in [3.8, 4) is 0 Å². The molecule has 4 bridgehead atoms. The number of carbonyl (C=O) groups excluding carboxylic acids is 1. The largest absolute Gasteiger partial charge is 0.480 e. The Morgan fingerprint density at radius 1 is 0.946 bits per heavy atom. The molecule has 2 aromatic rings. The first-order chi connectivity index (χ1) is 17.4. The van der Waals surface area contributed by atoms with E-state index in [4.69, 9.17) is 0 Å². The molecule has 0 aromatic heterocycles. The molecule has 0 unspecified atom stereocenters. The molecule has 7 nitrogen and oxygen atoms in total. The monoisotopic (exact) mass is 524 g/mol. The molecule has 4 aliphatic carbocycles. The van der Waals surface area contributed by atoms with Crippen molar-refractivity contribution in [1.29, 1.82) is 0 Å². The minimum Gasteiger partial charge on any atom is -0.480 e. The van der Waals surface area contributed by atoms with Crippen molar-refractivity contribution in [3.63, 3.8) is 0 Å². The summed E-state index contributed by atoms with van der Waals surface area (Å²) in [4.78, 5) is 25.7. The highest BCUT2D eigenvalue weighted by Gasteiger charge is 2.55. The van der Waals surface area contributed by atoms with Crippen LogP contribution in [0.1, 0.15) is 60.8 Å². The van der Waals surface area contributed by atoms with Gasteiger partial charge in [0.05, 0.1) is 4.90 Å². The molecule has 2 aromatic carbocycles. The Balaban J connectivity index is 1.26. The second kappa shape index (κ2) is 9.46. The zero-order chi connectivity index (χ0) is 26.5. The van der Waals surface area contributed by atoms with E-state index >= 15 is 0 Å². The molecule has 0 radical (unpaired) electrons. The third-order valence-electron chi connectivity index (χ3n) is 8.64. The molecule has 1 amide bonds. The first-order valence-electron chi connectivity index (χ1n) is 13.2. The maximum atomic E-state index is 13.4. The molecule has 0 heterocycles. The molecule has 3 N–H and O–H groups in total. The number of sulfonamides is 1. The number of anilines is 1. The molecule has 8 heteroatoms. The maximum Gasteiger partial charge on any atom is 0.326 e. The van der Waals surface area contributed by atoms with Crippen LogP contribution in [0.25, 0.3) is 0 Å². The van der Waals surface area contributed by atoms with Crippen molar-refractivity contribution >= 4 is 27.6 Å². The maximum absolute atomic E-state index is 13.4. The number of hydrogen-bond acceptors (Lipinski definition) is 4. The Morgan fingerprint density at radius 3 is 1.95 bits per heavy atom. The molecule has 1 atom stereocenters. The fourth-order valence-corrected chi connectivity index (χ4v) is 9.16. The van der Waals surface area contributed by atoms with Crippen LogP contribution in [0.2, 0.25) is 0 Å². The van der Waals surface area contributed by atoms with Gasteiger partial charge in [-0.05, 0) is 106 Å². The van der Waals surface area contributed by atoms with E-state index in [2.05, 4.69) is 10.0 Å². The van der Waals surface area contributed by atoms with Crippen molar-refractivity contribution in [2.24, 2.45) is 23.2 Å². The van der Waals surface area contributed by atoms with Crippen LogP contribution in [0.4, 0.5) is 5.69 Å². The average molecular weight is 525 g/mol. The third-order valence-corrected chi connectivity index (χ3v) is 10.3. The van der Waals surface area contributed by atoms with Gasteiger partial charge in [-0.3, -0.25) is 9.52 Å². The molecule has 0 aliphatic heterocycles. The predicted octanol–water partition coefficient (Wildman–Crippen LogP) is 4.74. The number of benzene rings is 2. The van der Waals surface area contributed by atoms with Crippen LogP contribution < -0.4 is 10.0 Å². The van der Waals surface area contributed by atoms with Gasteiger partial charge in [-0.2, -0.15) is 0 Å². The molecule has 6 rings (SSSR count). The lowest BCUT2D eigenvalue weighted by molar-refractivity contribution is -0.151. The van der Waals surface area contributed by atoms with E-state index in [1.807, 2.05) is 19.1 Å². The normalized spacial score (nSPS) is 27.1. The summed E-state index contributed by atoms with van der Waals surface area (Å²) in [5.74, 6) is 0.637. The smallest absolute Gasteiger partial charge is 0.326 e. The zero-order valence-electron chi connectivity index (χ0n) is 21.7. The number of nitrogens with one attached hydrogen (secondary N) is 2. The van der Waals surface area contributed by atoms with Crippen molar-refractivity contribution in [2.45, 2.75) is 76.7 Å². The lowest BCUT2D eigenvalue weighted by Crippen LogP contribution is -2.56. The van der Waals surface area contributed by atoms with Crippen LogP contribution >= 0.6 is 0 Å². The van der Waals surface area contributed by atoms with Gasteiger partial charge in [0.1, 0.15) is 6.04 Å². The minimum absolute atomic E-state index is 0.104. The molecule has 198 valence electrons. The summed E-state index contributed by atoms with van der Waals surface area (Å²) in [5, 5.41) is 12.7. The standard InChI is InChI=1S/C29H36N2O5S/c1-17-8-18(2)26(19(3)9-17)37(35,36)31-24-6-4-20(5-7-24)13-25(27(32)33)30-28(34)29-14-21-10-22(15-29)12-23(11-21)16-29/h4-9,21-23,25,31H,10-16H2,1-3H3,(H,30,34)(H,32,33)/t21?,22?,23?,25-,29?/m0/s1. The Labute approximate surface area is 219 Å². The van der Waals surface area contributed by atoms with E-state index in [1.165, 1.54) is 19.3 Å². The Morgan fingerprint density at radius 2 is 1.46 bits per heavy atom. The summed E-state index contributed by atoms with van der Waals surface area (Å²) in [6.45, 7) is 5.49. The topological polar surface area (TPSA) is 113 Å². The Hall–Kier alpha value is -2.87. The first kappa shape index (κ1) is 25.8. The summed E-state index contributed by atoms with van der Waals surface area (Å²) >= 11 is 0. The summed E-state index contributed by atoms with van der Waals surface area (Å²) in [7, 11) is -3.78. The van der Waals surface area contributed by atoms with Crippen molar-refractivity contribution in [2.75, 3.05) is 4.72 Å². The average Bonchev–Trinajstić information content (AvgIpc) is 2.77. The summed E-state index contributed by atoms with van der Waals surface area (Å²) in [5.41, 5.74) is 3.07. The van der Waals surface area contributed by atoms with Gasteiger partial charge in [0.25, 0.3) is 10.0 Å². The van der Waals surface area contributed by atoms with E-state index in [-0.39, 0.29) is 17.2 Å². The van der Waals surface area contributed by atoms with Crippen molar-refractivity contribution in [3.05, 3.63) is 58.7 Å². The Bertz CT molecular complexity index is 1270. The highest BCUT2D eigenvalue weighted by atomic mass is 32.2. The minimum atomic E-state index is -3.78. The van der Waals surface area contributed by atoms with Gasteiger partial charge >= 0.3 is 5.97 Å². The molecular weight excluding hydrogens is 488 g/mol. The second-order valence-electron chi connectivity index (χ2n) is 11.8. The second-order valence-corrected chi connectivity index (χ2v) is 13.4.